The molecule has 1 fully saturated rings. The van der Waals surface area contributed by atoms with Gasteiger partial charge in [0.1, 0.15) is 0 Å². The Labute approximate surface area is 114 Å². The van der Waals surface area contributed by atoms with Gasteiger partial charge in [-0.1, -0.05) is 36.2 Å². The van der Waals surface area contributed by atoms with Gasteiger partial charge in [0.2, 0.25) is 0 Å². The van der Waals surface area contributed by atoms with Crippen LogP contribution in [0.5, 0.6) is 0 Å². The molecule has 0 amide bonds. The fraction of sp³-hybridized carbons (Fsp3) is 0.533. The maximum Gasteiger partial charge on any atom is 0.188 e. The van der Waals surface area contributed by atoms with Crippen LogP contribution in [0.3, 0.4) is 0 Å². The summed E-state index contributed by atoms with van der Waals surface area (Å²) in [7, 11) is 0. The van der Waals surface area contributed by atoms with Crippen LogP contribution in [-0.4, -0.2) is 24.2 Å². The van der Waals surface area contributed by atoms with E-state index in [2.05, 4.69) is 10.3 Å². The molecule has 1 aromatic carbocycles. The highest BCUT2D eigenvalue weighted by Crippen LogP contribution is 2.25. The molecule has 0 heterocycles. The Kier molecular flexibility index (Phi) is 4.80. The Balaban J connectivity index is 1.77. The van der Waals surface area contributed by atoms with Gasteiger partial charge >= 0.3 is 0 Å². The van der Waals surface area contributed by atoms with Crippen molar-refractivity contribution < 1.29 is 5.11 Å². The topological polar surface area (TPSA) is 70.6 Å². The summed E-state index contributed by atoms with van der Waals surface area (Å²) in [5, 5.41) is 13.1. The predicted octanol–water partition coefficient (Wildman–Crippen LogP) is 1.73. The second kappa shape index (κ2) is 6.57. The van der Waals surface area contributed by atoms with E-state index in [1.165, 1.54) is 24.8 Å². The molecule has 0 bridgehead atoms. The van der Waals surface area contributed by atoms with Gasteiger partial charge in [-0.2, -0.15) is 0 Å². The van der Waals surface area contributed by atoms with Crippen molar-refractivity contribution in [2.45, 2.75) is 32.3 Å². The number of nitrogens with one attached hydrogen (secondary N) is 1. The molecule has 1 aromatic rings. The summed E-state index contributed by atoms with van der Waals surface area (Å²) >= 11 is 0. The first-order chi connectivity index (χ1) is 9.15. The molecular formula is C15H23N3O. The van der Waals surface area contributed by atoms with E-state index in [9.17, 15) is 5.11 Å². The molecule has 0 saturated heterocycles. The molecule has 0 spiro atoms. The fourth-order valence-corrected chi connectivity index (χ4v) is 2.08. The zero-order valence-corrected chi connectivity index (χ0v) is 11.5. The number of aliphatic imine (C=N–C) groups is 1. The number of aryl methyl sites for hydroxylation is 1. The lowest BCUT2D eigenvalue weighted by molar-refractivity contribution is 0.187. The van der Waals surface area contributed by atoms with E-state index in [0.29, 0.717) is 12.5 Å². The second-order valence-electron chi connectivity index (χ2n) is 5.33. The van der Waals surface area contributed by atoms with Crippen molar-refractivity contribution >= 4 is 5.96 Å². The van der Waals surface area contributed by atoms with E-state index in [-0.39, 0.29) is 0 Å². The van der Waals surface area contributed by atoms with Crippen molar-refractivity contribution in [1.29, 1.82) is 0 Å². The first-order valence-corrected chi connectivity index (χ1v) is 6.93. The Morgan fingerprint density at radius 2 is 2.11 bits per heavy atom. The summed E-state index contributed by atoms with van der Waals surface area (Å²) in [5.41, 5.74) is 7.84. The molecule has 0 aromatic heterocycles. The number of nitrogens with zero attached hydrogens (tertiary/aromatic N) is 1. The quantitative estimate of drug-likeness (QED) is 0.558. The van der Waals surface area contributed by atoms with Crippen molar-refractivity contribution in [3.8, 4) is 0 Å². The van der Waals surface area contributed by atoms with Crippen molar-refractivity contribution in [3.05, 3.63) is 35.4 Å². The summed E-state index contributed by atoms with van der Waals surface area (Å²) in [4.78, 5) is 4.19. The van der Waals surface area contributed by atoms with Crippen LogP contribution in [0.2, 0.25) is 0 Å². The lowest BCUT2D eigenvalue weighted by Crippen LogP contribution is -2.37. The number of guanidine groups is 1. The minimum absolute atomic E-state index is 0.298. The van der Waals surface area contributed by atoms with Crippen LogP contribution in [0.25, 0.3) is 0 Å². The predicted molar refractivity (Wildman–Crippen MR) is 78.0 cm³/mol. The van der Waals surface area contributed by atoms with Gasteiger partial charge in [0.15, 0.2) is 5.96 Å². The van der Waals surface area contributed by atoms with Gasteiger partial charge < -0.3 is 16.2 Å². The third-order valence-electron chi connectivity index (χ3n) is 3.69. The monoisotopic (exact) mass is 261 g/mol. The van der Waals surface area contributed by atoms with Crippen molar-refractivity contribution in [2.75, 3.05) is 13.1 Å². The Bertz CT molecular complexity index is 424. The van der Waals surface area contributed by atoms with Crippen molar-refractivity contribution in [2.24, 2.45) is 16.6 Å². The van der Waals surface area contributed by atoms with Crippen LogP contribution in [0, 0.1) is 12.8 Å². The van der Waals surface area contributed by atoms with Crippen LogP contribution >= 0.6 is 0 Å². The number of hydrogen-bond acceptors (Lipinski definition) is 2. The standard InChI is InChI=1S/C15H23N3O/c1-11-5-7-13(8-6-11)14(19)10-18-15(16)17-9-12-3-2-4-12/h5-8,12,14,19H,2-4,9-10H2,1H3,(H3,16,17,18). The number of hydrogen-bond donors (Lipinski definition) is 3. The molecule has 0 aliphatic heterocycles. The Morgan fingerprint density at radius 1 is 1.42 bits per heavy atom. The number of aliphatic hydroxyl groups is 1. The van der Waals surface area contributed by atoms with Crippen LogP contribution in [0.1, 0.15) is 36.5 Å². The van der Waals surface area contributed by atoms with Crippen molar-refractivity contribution in [1.82, 2.24) is 5.32 Å². The van der Waals surface area contributed by atoms with Gasteiger partial charge in [0.25, 0.3) is 0 Å². The zero-order valence-electron chi connectivity index (χ0n) is 11.5. The highest BCUT2D eigenvalue weighted by molar-refractivity contribution is 5.77. The van der Waals surface area contributed by atoms with Gasteiger partial charge in [-0.05, 0) is 31.2 Å². The van der Waals surface area contributed by atoms with E-state index >= 15 is 0 Å². The lowest BCUT2D eigenvalue weighted by atomic mass is 9.85. The van der Waals surface area contributed by atoms with E-state index in [1.807, 2.05) is 31.2 Å². The average molecular weight is 261 g/mol. The number of nitrogens with two attached hydrogens (primary N) is 1. The number of aliphatic hydroxyl groups excluding tert-OH is 1. The number of benzene rings is 1. The Hall–Kier alpha value is -1.55. The van der Waals surface area contributed by atoms with Crippen LogP contribution < -0.4 is 11.1 Å². The third kappa shape index (κ3) is 4.24. The van der Waals surface area contributed by atoms with Crippen LogP contribution in [-0.2, 0) is 0 Å². The molecule has 104 valence electrons. The molecule has 1 aliphatic rings. The van der Waals surface area contributed by atoms with Crippen molar-refractivity contribution in [3.63, 3.8) is 0 Å². The third-order valence-corrected chi connectivity index (χ3v) is 3.69. The zero-order chi connectivity index (χ0) is 13.7. The minimum atomic E-state index is -0.593. The number of rotatable bonds is 5. The maximum absolute atomic E-state index is 10.0. The van der Waals surface area contributed by atoms with Gasteiger partial charge in [-0.15, -0.1) is 0 Å². The molecule has 1 saturated carbocycles. The summed E-state index contributed by atoms with van der Waals surface area (Å²) in [6.45, 7) is 3.22. The molecule has 19 heavy (non-hydrogen) atoms. The van der Waals surface area contributed by atoms with Gasteiger partial charge in [-0.3, -0.25) is 4.99 Å². The molecule has 1 aliphatic carbocycles. The minimum Gasteiger partial charge on any atom is -0.386 e. The molecule has 4 N–H and O–H groups in total. The summed E-state index contributed by atoms with van der Waals surface area (Å²) in [6, 6.07) is 7.82. The van der Waals surface area contributed by atoms with Gasteiger partial charge in [-0.25, -0.2) is 0 Å². The normalized spacial score (nSPS) is 17.9. The second-order valence-corrected chi connectivity index (χ2v) is 5.33. The molecule has 4 heteroatoms. The van der Waals surface area contributed by atoms with E-state index < -0.39 is 6.10 Å². The largest absolute Gasteiger partial charge is 0.386 e. The highest BCUT2D eigenvalue weighted by atomic mass is 16.3. The van der Waals surface area contributed by atoms with Gasteiger partial charge in [0, 0.05) is 6.54 Å². The summed E-state index contributed by atoms with van der Waals surface area (Å²) < 4.78 is 0. The summed E-state index contributed by atoms with van der Waals surface area (Å²) in [5.74, 6) is 1.17. The Morgan fingerprint density at radius 3 is 2.68 bits per heavy atom. The molecule has 1 unspecified atom stereocenters. The molecule has 4 nitrogen and oxygen atoms in total. The van der Waals surface area contributed by atoms with E-state index in [0.717, 1.165) is 18.0 Å². The fourth-order valence-electron chi connectivity index (χ4n) is 2.08. The average Bonchev–Trinajstić information content (AvgIpc) is 2.35. The van der Waals surface area contributed by atoms with E-state index in [1.54, 1.807) is 0 Å². The molecule has 0 radical (unpaired) electrons. The smallest absolute Gasteiger partial charge is 0.188 e. The van der Waals surface area contributed by atoms with Gasteiger partial charge in [0.05, 0.1) is 12.6 Å². The van der Waals surface area contributed by atoms with E-state index in [4.69, 9.17) is 5.73 Å². The SMILES string of the molecule is Cc1ccc(C(O)CN=C(N)NCC2CCC2)cc1. The molecular weight excluding hydrogens is 238 g/mol. The highest BCUT2D eigenvalue weighted by Gasteiger charge is 2.16. The first kappa shape index (κ1) is 13.9. The summed E-state index contributed by atoms with van der Waals surface area (Å²) in [6.07, 6.45) is 3.30. The molecule has 1 atom stereocenters. The first-order valence-electron chi connectivity index (χ1n) is 6.93. The lowest BCUT2D eigenvalue weighted by Gasteiger charge is -2.25. The van der Waals surface area contributed by atoms with Crippen LogP contribution in [0.4, 0.5) is 0 Å². The van der Waals surface area contributed by atoms with Crippen LogP contribution in [0.15, 0.2) is 29.3 Å². The maximum atomic E-state index is 10.0. The molecule has 2 rings (SSSR count).